The summed E-state index contributed by atoms with van der Waals surface area (Å²) in [6, 6.07) is 9.04. The Kier molecular flexibility index (Phi) is 4.45. The van der Waals surface area contributed by atoms with E-state index in [2.05, 4.69) is 4.74 Å². The highest BCUT2D eigenvalue weighted by molar-refractivity contribution is 6.02. The van der Waals surface area contributed by atoms with E-state index in [9.17, 15) is 19.5 Å². The Morgan fingerprint density at radius 1 is 0.913 bits per heavy atom. The number of rotatable bonds is 4. The van der Waals surface area contributed by atoms with E-state index in [0.717, 1.165) is 0 Å². The molecule has 0 saturated carbocycles. The molecule has 2 aromatic rings. The Hall–Kier alpha value is -3.15. The molecule has 0 aliphatic rings. The maximum absolute atomic E-state index is 11.5. The fourth-order valence-corrected chi connectivity index (χ4v) is 2.36. The van der Waals surface area contributed by atoms with Gasteiger partial charge in [0.05, 0.1) is 23.8 Å². The number of hydrogen-bond acceptors (Lipinski definition) is 4. The van der Waals surface area contributed by atoms with Gasteiger partial charge in [0.15, 0.2) is 0 Å². The predicted molar refractivity (Wildman–Crippen MR) is 81.9 cm³/mol. The summed E-state index contributed by atoms with van der Waals surface area (Å²) < 4.78 is 4.61. The molecule has 0 amide bonds. The molecule has 118 valence electrons. The lowest BCUT2D eigenvalue weighted by molar-refractivity contribution is 0.0598. The van der Waals surface area contributed by atoms with Gasteiger partial charge < -0.3 is 14.9 Å². The van der Waals surface area contributed by atoms with Crippen LogP contribution in [-0.2, 0) is 4.74 Å². The Balaban J connectivity index is 2.59. The Morgan fingerprint density at radius 2 is 1.52 bits per heavy atom. The third-order valence-electron chi connectivity index (χ3n) is 3.53. The number of ether oxygens (including phenoxy) is 1. The van der Waals surface area contributed by atoms with Crippen molar-refractivity contribution in [2.75, 3.05) is 7.11 Å². The molecule has 0 fully saturated rings. The molecule has 0 bridgehead atoms. The van der Waals surface area contributed by atoms with Crippen LogP contribution in [0, 0.1) is 6.92 Å². The summed E-state index contributed by atoms with van der Waals surface area (Å²) in [5, 5.41) is 18.5. The van der Waals surface area contributed by atoms with E-state index < -0.39 is 17.9 Å². The van der Waals surface area contributed by atoms with Gasteiger partial charge in [-0.05, 0) is 41.8 Å². The van der Waals surface area contributed by atoms with Gasteiger partial charge in [-0.15, -0.1) is 0 Å². The largest absolute Gasteiger partial charge is 0.478 e. The van der Waals surface area contributed by atoms with Gasteiger partial charge in [0, 0.05) is 0 Å². The van der Waals surface area contributed by atoms with E-state index in [1.165, 1.54) is 38.3 Å². The van der Waals surface area contributed by atoms with Crippen LogP contribution in [0.3, 0.4) is 0 Å². The molecule has 6 heteroatoms. The van der Waals surface area contributed by atoms with Crippen LogP contribution in [0.15, 0.2) is 36.4 Å². The molecule has 0 unspecified atom stereocenters. The highest BCUT2D eigenvalue weighted by Crippen LogP contribution is 2.29. The number of hydrogen-bond donors (Lipinski definition) is 2. The summed E-state index contributed by atoms with van der Waals surface area (Å²) in [5.41, 5.74) is 1.34. The van der Waals surface area contributed by atoms with Crippen molar-refractivity contribution in [2.45, 2.75) is 6.92 Å². The van der Waals surface area contributed by atoms with Gasteiger partial charge in [-0.1, -0.05) is 18.2 Å². The first-order valence-electron chi connectivity index (χ1n) is 6.65. The van der Waals surface area contributed by atoms with E-state index in [4.69, 9.17) is 5.11 Å². The molecule has 2 aromatic carbocycles. The topological polar surface area (TPSA) is 101 Å². The highest BCUT2D eigenvalue weighted by atomic mass is 16.5. The number of carbonyl (C=O) groups excluding carboxylic acids is 1. The van der Waals surface area contributed by atoms with Gasteiger partial charge in [-0.25, -0.2) is 14.4 Å². The molecule has 2 rings (SSSR count). The maximum Gasteiger partial charge on any atom is 0.337 e. The second kappa shape index (κ2) is 6.31. The highest BCUT2D eigenvalue weighted by Gasteiger charge is 2.20. The zero-order valence-corrected chi connectivity index (χ0v) is 12.5. The third-order valence-corrected chi connectivity index (χ3v) is 3.53. The van der Waals surface area contributed by atoms with E-state index in [1.54, 1.807) is 12.1 Å². The summed E-state index contributed by atoms with van der Waals surface area (Å²) >= 11 is 0. The summed E-state index contributed by atoms with van der Waals surface area (Å²) in [6.45, 7) is 1.46. The van der Waals surface area contributed by atoms with E-state index >= 15 is 0 Å². The number of carbonyl (C=O) groups is 3. The molecule has 0 aliphatic carbocycles. The molecule has 0 atom stereocenters. The quantitative estimate of drug-likeness (QED) is 0.842. The van der Waals surface area contributed by atoms with E-state index in [1.807, 2.05) is 0 Å². The van der Waals surface area contributed by atoms with Gasteiger partial charge in [0.1, 0.15) is 0 Å². The Labute approximate surface area is 131 Å². The van der Waals surface area contributed by atoms with Gasteiger partial charge in [0.2, 0.25) is 0 Å². The van der Waals surface area contributed by atoms with Crippen LogP contribution >= 0.6 is 0 Å². The van der Waals surface area contributed by atoms with Crippen molar-refractivity contribution in [1.29, 1.82) is 0 Å². The monoisotopic (exact) mass is 314 g/mol. The van der Waals surface area contributed by atoms with Crippen molar-refractivity contribution in [3.63, 3.8) is 0 Å². The minimum Gasteiger partial charge on any atom is -0.478 e. The molecule has 0 aliphatic heterocycles. The van der Waals surface area contributed by atoms with Crippen LogP contribution in [-0.4, -0.2) is 35.2 Å². The van der Waals surface area contributed by atoms with Crippen molar-refractivity contribution in [2.24, 2.45) is 0 Å². The van der Waals surface area contributed by atoms with E-state index in [0.29, 0.717) is 16.7 Å². The molecule has 0 spiro atoms. The molecule has 0 aromatic heterocycles. The molecular formula is C17H14O6. The van der Waals surface area contributed by atoms with Crippen LogP contribution in [0.5, 0.6) is 0 Å². The zero-order chi connectivity index (χ0) is 17.1. The van der Waals surface area contributed by atoms with Crippen LogP contribution in [0.4, 0.5) is 0 Å². The average molecular weight is 314 g/mol. The summed E-state index contributed by atoms with van der Waals surface area (Å²) in [7, 11) is 1.27. The first-order valence-corrected chi connectivity index (χ1v) is 6.65. The fourth-order valence-electron chi connectivity index (χ4n) is 2.36. The molecular weight excluding hydrogens is 300 g/mol. The van der Waals surface area contributed by atoms with Crippen LogP contribution in [0.25, 0.3) is 11.1 Å². The van der Waals surface area contributed by atoms with Gasteiger partial charge in [-0.3, -0.25) is 0 Å². The maximum atomic E-state index is 11.5. The number of esters is 1. The minimum absolute atomic E-state index is 0.0580. The number of methoxy groups -OCH3 is 1. The van der Waals surface area contributed by atoms with Gasteiger partial charge >= 0.3 is 17.9 Å². The standard InChI is InChI=1S/C17H14O6/c1-9-12(15(18)19)7-8-13(14(9)16(20)21)10-3-5-11(6-4-10)17(22)23-2/h3-8H,1-2H3,(H,18,19)(H,20,21). The fraction of sp³-hybridized carbons (Fsp3) is 0.118. The molecule has 2 N–H and O–H groups in total. The number of carboxylic acid groups (broad SMARTS) is 2. The number of carboxylic acids is 2. The van der Waals surface area contributed by atoms with Crippen molar-refractivity contribution in [1.82, 2.24) is 0 Å². The lowest BCUT2D eigenvalue weighted by Crippen LogP contribution is -2.09. The Bertz CT molecular complexity index is 789. The molecule has 23 heavy (non-hydrogen) atoms. The normalized spacial score (nSPS) is 10.2. The smallest absolute Gasteiger partial charge is 0.337 e. The first-order chi connectivity index (χ1) is 10.9. The summed E-state index contributed by atoms with van der Waals surface area (Å²) in [4.78, 5) is 34.1. The lowest BCUT2D eigenvalue weighted by atomic mass is 9.92. The van der Waals surface area contributed by atoms with Crippen molar-refractivity contribution in [3.05, 3.63) is 58.7 Å². The van der Waals surface area contributed by atoms with Crippen molar-refractivity contribution >= 4 is 17.9 Å². The summed E-state index contributed by atoms with van der Waals surface area (Å²) in [5.74, 6) is -2.89. The zero-order valence-electron chi connectivity index (χ0n) is 12.5. The first kappa shape index (κ1) is 16.2. The average Bonchev–Trinajstić information content (AvgIpc) is 2.53. The number of benzene rings is 2. The van der Waals surface area contributed by atoms with Gasteiger partial charge in [-0.2, -0.15) is 0 Å². The lowest BCUT2D eigenvalue weighted by Gasteiger charge is -2.12. The SMILES string of the molecule is COC(=O)c1ccc(-c2ccc(C(=O)O)c(C)c2C(=O)O)cc1. The van der Waals surface area contributed by atoms with Crippen LogP contribution in [0.1, 0.15) is 36.6 Å². The van der Waals surface area contributed by atoms with Gasteiger partial charge in [0.25, 0.3) is 0 Å². The molecule has 6 nitrogen and oxygen atoms in total. The second-order valence-electron chi connectivity index (χ2n) is 4.84. The molecule has 0 heterocycles. The van der Waals surface area contributed by atoms with Crippen molar-refractivity contribution in [3.8, 4) is 11.1 Å². The third kappa shape index (κ3) is 3.06. The number of aromatic carboxylic acids is 2. The van der Waals surface area contributed by atoms with Crippen LogP contribution < -0.4 is 0 Å². The predicted octanol–water partition coefficient (Wildman–Crippen LogP) is 2.85. The molecule has 0 radical (unpaired) electrons. The molecule has 0 saturated heterocycles. The second-order valence-corrected chi connectivity index (χ2v) is 4.84. The summed E-state index contributed by atoms with van der Waals surface area (Å²) in [6.07, 6.45) is 0. The minimum atomic E-state index is -1.21. The van der Waals surface area contributed by atoms with E-state index in [-0.39, 0.29) is 16.7 Å². The Morgan fingerprint density at radius 3 is 2.00 bits per heavy atom. The van der Waals surface area contributed by atoms with Crippen LogP contribution in [0.2, 0.25) is 0 Å². The van der Waals surface area contributed by atoms with Crippen molar-refractivity contribution < 1.29 is 29.3 Å².